The third-order valence-corrected chi connectivity index (χ3v) is 6.43. The topological polar surface area (TPSA) is 25.8 Å². The summed E-state index contributed by atoms with van der Waals surface area (Å²) in [5, 5.41) is 1.10. The number of hydrogen-bond donors (Lipinski definition) is 0. The highest BCUT2D eigenvalue weighted by molar-refractivity contribution is 5.81. The molecule has 2 nitrogen and oxygen atoms in total. The molecule has 0 bridgehead atoms. The van der Waals surface area contributed by atoms with E-state index in [2.05, 4.69) is 62.2 Å². The lowest BCUT2D eigenvalue weighted by molar-refractivity contribution is 0.0174. The summed E-state index contributed by atoms with van der Waals surface area (Å²) in [6.07, 6.45) is 1.49. The maximum atomic E-state index is 13.6. The van der Waals surface area contributed by atoms with Crippen LogP contribution in [0.3, 0.4) is 0 Å². The van der Waals surface area contributed by atoms with Gasteiger partial charge in [-0.25, -0.2) is 8.78 Å². The average molecular weight is 445 g/mol. The van der Waals surface area contributed by atoms with Gasteiger partial charge in [-0.1, -0.05) is 50.2 Å². The average Bonchev–Trinajstić information content (AvgIpc) is 2.77. The lowest BCUT2D eigenvalue weighted by Gasteiger charge is -2.17. The first kappa shape index (κ1) is 23.0. The van der Waals surface area contributed by atoms with Crippen molar-refractivity contribution in [3.8, 4) is 0 Å². The Hall–Kier alpha value is -3.14. The standard InChI is InChI=1S/C29H30F2N2/c1-6-27-23(15-21-8-11-25(12-9-21)29(5,30)31)17-24-16-22(10-14-28(24)33-27)19(3)26-13-7-18(2)32-20(26)4/h7-14,16-17,19H,6,15H2,1-5H3. The van der Waals surface area contributed by atoms with Crippen LogP contribution in [0.4, 0.5) is 8.78 Å². The molecule has 0 amide bonds. The molecular formula is C29H30F2N2. The molecule has 1 unspecified atom stereocenters. The van der Waals surface area contributed by atoms with Gasteiger partial charge in [-0.3, -0.25) is 9.97 Å². The number of pyridine rings is 2. The smallest absolute Gasteiger partial charge is 0.258 e. The van der Waals surface area contributed by atoms with Crippen molar-refractivity contribution in [3.63, 3.8) is 0 Å². The molecule has 4 aromatic rings. The minimum Gasteiger partial charge on any atom is -0.258 e. The Balaban J connectivity index is 1.69. The summed E-state index contributed by atoms with van der Waals surface area (Å²) in [5.74, 6) is -2.60. The Morgan fingerprint density at radius 1 is 0.909 bits per heavy atom. The van der Waals surface area contributed by atoms with Crippen LogP contribution in [0.25, 0.3) is 10.9 Å². The van der Waals surface area contributed by atoms with Crippen LogP contribution < -0.4 is 0 Å². The lowest BCUT2D eigenvalue weighted by Crippen LogP contribution is -2.07. The van der Waals surface area contributed by atoms with E-state index in [1.165, 1.54) is 23.3 Å². The second-order valence-corrected chi connectivity index (χ2v) is 9.01. The molecule has 0 saturated carbocycles. The van der Waals surface area contributed by atoms with Crippen LogP contribution in [0.1, 0.15) is 71.6 Å². The predicted octanol–water partition coefficient (Wildman–Crippen LogP) is 7.66. The number of alkyl halides is 2. The van der Waals surface area contributed by atoms with Crippen LogP contribution in [-0.2, 0) is 18.8 Å². The van der Waals surface area contributed by atoms with Gasteiger partial charge in [-0.05, 0) is 73.2 Å². The van der Waals surface area contributed by atoms with Gasteiger partial charge < -0.3 is 0 Å². The highest BCUT2D eigenvalue weighted by Crippen LogP contribution is 2.30. The van der Waals surface area contributed by atoms with Crippen molar-refractivity contribution in [2.24, 2.45) is 0 Å². The Bertz CT molecular complexity index is 1290. The summed E-state index contributed by atoms with van der Waals surface area (Å²) in [6, 6.07) is 19.5. The Morgan fingerprint density at radius 2 is 1.64 bits per heavy atom. The van der Waals surface area contributed by atoms with Crippen LogP contribution in [0, 0.1) is 13.8 Å². The quantitative estimate of drug-likeness (QED) is 0.305. The van der Waals surface area contributed by atoms with Gasteiger partial charge in [0.05, 0.1) is 5.52 Å². The second-order valence-electron chi connectivity index (χ2n) is 9.01. The van der Waals surface area contributed by atoms with Crippen molar-refractivity contribution in [2.75, 3.05) is 0 Å². The molecule has 0 radical (unpaired) electrons. The monoisotopic (exact) mass is 444 g/mol. The number of fused-ring (bicyclic) bond motifs is 1. The molecule has 33 heavy (non-hydrogen) atoms. The zero-order valence-corrected chi connectivity index (χ0v) is 19.9. The number of halogens is 2. The number of hydrogen-bond acceptors (Lipinski definition) is 2. The SMILES string of the molecule is CCc1nc2ccc(C(C)c3ccc(C)nc3C)cc2cc1Cc1ccc(C(C)(F)F)cc1. The third-order valence-electron chi connectivity index (χ3n) is 6.43. The van der Waals surface area contributed by atoms with Gasteiger partial charge in [0, 0.05) is 40.9 Å². The summed E-state index contributed by atoms with van der Waals surface area (Å²) >= 11 is 0. The highest BCUT2D eigenvalue weighted by Gasteiger charge is 2.23. The first-order valence-corrected chi connectivity index (χ1v) is 11.5. The Morgan fingerprint density at radius 3 is 2.27 bits per heavy atom. The maximum Gasteiger partial charge on any atom is 0.270 e. The molecule has 4 rings (SSSR count). The van der Waals surface area contributed by atoms with Gasteiger partial charge >= 0.3 is 0 Å². The largest absolute Gasteiger partial charge is 0.270 e. The fraction of sp³-hybridized carbons (Fsp3) is 0.310. The number of rotatable bonds is 6. The van der Waals surface area contributed by atoms with E-state index in [9.17, 15) is 8.78 Å². The van der Waals surface area contributed by atoms with E-state index >= 15 is 0 Å². The van der Waals surface area contributed by atoms with Gasteiger partial charge in [0.15, 0.2) is 0 Å². The summed E-state index contributed by atoms with van der Waals surface area (Å²) < 4.78 is 27.1. The molecule has 2 aromatic heterocycles. The van der Waals surface area contributed by atoms with E-state index in [0.29, 0.717) is 6.42 Å². The van der Waals surface area contributed by atoms with Crippen LogP contribution in [0.5, 0.6) is 0 Å². The normalized spacial score (nSPS) is 12.8. The Kier molecular flexibility index (Phi) is 6.29. The van der Waals surface area contributed by atoms with Gasteiger partial charge in [0.2, 0.25) is 0 Å². The molecule has 0 aliphatic heterocycles. The fourth-order valence-electron chi connectivity index (χ4n) is 4.48. The van der Waals surface area contributed by atoms with Gasteiger partial charge in [0.1, 0.15) is 0 Å². The lowest BCUT2D eigenvalue weighted by atomic mass is 9.90. The summed E-state index contributed by atoms with van der Waals surface area (Å²) in [4.78, 5) is 9.54. The van der Waals surface area contributed by atoms with Crippen LogP contribution in [0.2, 0.25) is 0 Å². The minimum absolute atomic E-state index is 0.0399. The zero-order chi connectivity index (χ0) is 23.8. The van der Waals surface area contributed by atoms with Crippen molar-refractivity contribution in [2.45, 2.75) is 59.3 Å². The van der Waals surface area contributed by atoms with Crippen molar-refractivity contribution < 1.29 is 8.78 Å². The highest BCUT2D eigenvalue weighted by atomic mass is 19.3. The molecule has 4 heteroatoms. The number of aromatic nitrogens is 2. The van der Waals surface area contributed by atoms with Gasteiger partial charge in [-0.15, -0.1) is 0 Å². The molecule has 2 heterocycles. The molecule has 0 saturated heterocycles. The number of aryl methyl sites for hydroxylation is 3. The molecule has 0 N–H and O–H groups in total. The summed E-state index contributed by atoms with van der Waals surface area (Å²) in [7, 11) is 0. The first-order valence-electron chi connectivity index (χ1n) is 11.5. The summed E-state index contributed by atoms with van der Waals surface area (Å²) in [5.41, 5.74) is 8.75. The van der Waals surface area contributed by atoms with Gasteiger partial charge in [-0.2, -0.15) is 0 Å². The Labute approximate surface area is 194 Å². The van der Waals surface area contributed by atoms with E-state index in [0.717, 1.165) is 52.5 Å². The third kappa shape index (κ3) is 4.95. The molecule has 170 valence electrons. The molecule has 1 atom stereocenters. The van der Waals surface area contributed by atoms with Crippen molar-refractivity contribution in [1.82, 2.24) is 9.97 Å². The van der Waals surface area contributed by atoms with Crippen LogP contribution >= 0.6 is 0 Å². The van der Waals surface area contributed by atoms with E-state index in [4.69, 9.17) is 4.98 Å². The molecule has 2 aromatic carbocycles. The van der Waals surface area contributed by atoms with Crippen molar-refractivity contribution in [3.05, 3.63) is 106 Å². The molecule has 0 fully saturated rings. The fourth-order valence-corrected chi connectivity index (χ4v) is 4.48. The minimum atomic E-state index is -2.82. The molecule has 0 spiro atoms. The molecule has 0 aliphatic rings. The van der Waals surface area contributed by atoms with E-state index < -0.39 is 5.92 Å². The molecule has 0 aliphatic carbocycles. The maximum absolute atomic E-state index is 13.6. The van der Waals surface area contributed by atoms with E-state index in [-0.39, 0.29) is 11.5 Å². The zero-order valence-electron chi connectivity index (χ0n) is 19.9. The first-order chi connectivity index (χ1) is 15.7. The summed E-state index contributed by atoms with van der Waals surface area (Å²) in [6.45, 7) is 9.31. The van der Waals surface area contributed by atoms with Crippen molar-refractivity contribution in [1.29, 1.82) is 0 Å². The van der Waals surface area contributed by atoms with E-state index in [1.54, 1.807) is 12.1 Å². The predicted molar refractivity (Wildman–Crippen MR) is 131 cm³/mol. The number of nitrogens with zero attached hydrogens (tertiary/aromatic N) is 2. The van der Waals surface area contributed by atoms with Crippen molar-refractivity contribution >= 4 is 10.9 Å². The van der Waals surface area contributed by atoms with Crippen LogP contribution in [-0.4, -0.2) is 9.97 Å². The van der Waals surface area contributed by atoms with Crippen LogP contribution in [0.15, 0.2) is 60.7 Å². The molecular weight excluding hydrogens is 414 g/mol. The van der Waals surface area contributed by atoms with E-state index in [1.807, 2.05) is 6.92 Å². The van der Waals surface area contributed by atoms with Gasteiger partial charge in [0.25, 0.3) is 5.92 Å². The second kappa shape index (κ2) is 9.01. The number of benzene rings is 2.